The second-order valence-electron chi connectivity index (χ2n) is 6.31. The maximum atomic E-state index is 6.43. The second-order valence-corrected chi connectivity index (χ2v) is 6.31. The van der Waals surface area contributed by atoms with E-state index in [0.29, 0.717) is 23.7 Å². The van der Waals surface area contributed by atoms with E-state index >= 15 is 0 Å². The van der Waals surface area contributed by atoms with E-state index in [1.54, 1.807) is 0 Å². The van der Waals surface area contributed by atoms with Gasteiger partial charge in [-0.3, -0.25) is 0 Å². The lowest BCUT2D eigenvalue weighted by molar-refractivity contribution is -0.0701. The van der Waals surface area contributed by atoms with Crippen LogP contribution in [0.5, 0.6) is 0 Å². The van der Waals surface area contributed by atoms with Gasteiger partial charge in [-0.1, -0.05) is 26.2 Å². The fourth-order valence-corrected chi connectivity index (χ4v) is 3.53. The fourth-order valence-electron chi connectivity index (χ4n) is 3.53. The molecule has 1 aliphatic carbocycles. The van der Waals surface area contributed by atoms with Gasteiger partial charge in [0.1, 0.15) is 0 Å². The summed E-state index contributed by atoms with van der Waals surface area (Å²) in [5.74, 6) is 0.712. The zero-order valence-corrected chi connectivity index (χ0v) is 11.8. The zero-order chi connectivity index (χ0) is 12.3. The topological polar surface area (TPSA) is 21.3 Å². The van der Waals surface area contributed by atoms with E-state index < -0.39 is 0 Å². The van der Waals surface area contributed by atoms with Crippen molar-refractivity contribution in [2.45, 2.75) is 83.0 Å². The minimum atomic E-state index is 0.297. The molecule has 0 amide bonds. The smallest absolute Gasteiger partial charge is 0.0687 e. The molecule has 3 unspecified atom stereocenters. The first-order valence-corrected chi connectivity index (χ1v) is 7.50. The highest BCUT2D eigenvalue weighted by Crippen LogP contribution is 2.43. The van der Waals surface area contributed by atoms with Crippen LogP contribution in [0.1, 0.15) is 65.2 Å². The lowest BCUT2D eigenvalue weighted by Crippen LogP contribution is -2.34. The van der Waals surface area contributed by atoms with Gasteiger partial charge in [0.05, 0.1) is 11.7 Å². The fraction of sp³-hybridized carbons (Fsp3) is 1.00. The summed E-state index contributed by atoms with van der Waals surface area (Å²) in [6.45, 7) is 4.62. The van der Waals surface area contributed by atoms with Gasteiger partial charge >= 0.3 is 0 Å². The van der Waals surface area contributed by atoms with E-state index in [2.05, 4.69) is 26.2 Å². The SMILES string of the molecule is CNC(C)C(C)CC1CCC2(CCCCC2)O1. The Morgan fingerprint density at radius 1 is 1.18 bits per heavy atom. The molecule has 1 saturated heterocycles. The third-order valence-electron chi connectivity index (χ3n) is 5.05. The van der Waals surface area contributed by atoms with E-state index in [0.717, 1.165) is 0 Å². The van der Waals surface area contributed by atoms with Crippen LogP contribution in [-0.4, -0.2) is 24.8 Å². The van der Waals surface area contributed by atoms with Crippen molar-refractivity contribution in [2.75, 3.05) is 7.05 Å². The molecule has 2 rings (SSSR count). The van der Waals surface area contributed by atoms with Crippen molar-refractivity contribution in [2.24, 2.45) is 5.92 Å². The molecule has 1 spiro atoms. The Bertz CT molecular complexity index is 235. The third-order valence-corrected chi connectivity index (χ3v) is 5.05. The van der Waals surface area contributed by atoms with Crippen LogP contribution in [0.15, 0.2) is 0 Å². The molecular formula is C15H29NO. The molecule has 0 bridgehead atoms. The van der Waals surface area contributed by atoms with Crippen LogP contribution in [0.4, 0.5) is 0 Å². The van der Waals surface area contributed by atoms with Crippen molar-refractivity contribution in [1.29, 1.82) is 0 Å². The van der Waals surface area contributed by atoms with Crippen LogP contribution >= 0.6 is 0 Å². The van der Waals surface area contributed by atoms with E-state index in [9.17, 15) is 0 Å². The molecule has 3 atom stereocenters. The molecule has 2 nitrogen and oxygen atoms in total. The molecule has 0 radical (unpaired) electrons. The summed E-state index contributed by atoms with van der Waals surface area (Å²) in [6.07, 6.45) is 11.2. The molecule has 0 aromatic carbocycles. The molecule has 2 aliphatic rings. The van der Waals surface area contributed by atoms with Gasteiger partial charge in [0.25, 0.3) is 0 Å². The van der Waals surface area contributed by atoms with Gasteiger partial charge in [-0.25, -0.2) is 0 Å². The van der Waals surface area contributed by atoms with Crippen LogP contribution in [0.2, 0.25) is 0 Å². The average Bonchev–Trinajstić information content (AvgIpc) is 2.72. The number of hydrogen-bond acceptors (Lipinski definition) is 2. The lowest BCUT2D eigenvalue weighted by atomic mass is 9.83. The number of ether oxygens (including phenoxy) is 1. The van der Waals surface area contributed by atoms with E-state index in [1.807, 2.05) is 0 Å². The van der Waals surface area contributed by atoms with E-state index in [4.69, 9.17) is 4.74 Å². The second kappa shape index (κ2) is 5.71. The van der Waals surface area contributed by atoms with Gasteiger partial charge in [0, 0.05) is 6.04 Å². The van der Waals surface area contributed by atoms with Crippen molar-refractivity contribution in [3.8, 4) is 0 Å². The summed E-state index contributed by atoms with van der Waals surface area (Å²) in [4.78, 5) is 0. The summed E-state index contributed by atoms with van der Waals surface area (Å²) in [7, 11) is 2.05. The first-order chi connectivity index (χ1) is 8.15. The molecule has 1 aliphatic heterocycles. The molecular weight excluding hydrogens is 210 g/mol. The molecule has 17 heavy (non-hydrogen) atoms. The normalized spacial score (nSPS) is 31.6. The van der Waals surface area contributed by atoms with Crippen molar-refractivity contribution in [3.05, 3.63) is 0 Å². The quantitative estimate of drug-likeness (QED) is 0.810. The van der Waals surface area contributed by atoms with Crippen LogP contribution in [0, 0.1) is 5.92 Å². The minimum Gasteiger partial charge on any atom is -0.372 e. The highest BCUT2D eigenvalue weighted by molar-refractivity contribution is 4.92. The van der Waals surface area contributed by atoms with Crippen LogP contribution in [-0.2, 0) is 4.74 Å². The average molecular weight is 239 g/mol. The molecule has 1 N–H and O–H groups in total. The number of rotatable bonds is 4. The van der Waals surface area contributed by atoms with Crippen LogP contribution < -0.4 is 5.32 Å². The Morgan fingerprint density at radius 3 is 2.53 bits per heavy atom. The highest BCUT2D eigenvalue weighted by Gasteiger charge is 2.41. The Kier molecular flexibility index (Phi) is 4.48. The lowest BCUT2D eigenvalue weighted by Gasteiger charge is -2.34. The summed E-state index contributed by atoms with van der Waals surface area (Å²) in [5.41, 5.74) is 0.297. The van der Waals surface area contributed by atoms with Crippen molar-refractivity contribution >= 4 is 0 Å². The summed E-state index contributed by atoms with van der Waals surface area (Å²) in [5, 5.41) is 3.35. The predicted octanol–water partition coefficient (Wildman–Crippen LogP) is 3.50. The van der Waals surface area contributed by atoms with E-state index in [-0.39, 0.29) is 0 Å². The minimum absolute atomic E-state index is 0.297. The molecule has 1 heterocycles. The summed E-state index contributed by atoms with van der Waals surface area (Å²) >= 11 is 0. The first-order valence-electron chi connectivity index (χ1n) is 7.50. The third kappa shape index (κ3) is 3.23. The Morgan fingerprint density at radius 2 is 1.88 bits per heavy atom. The first kappa shape index (κ1) is 13.4. The summed E-state index contributed by atoms with van der Waals surface area (Å²) in [6, 6.07) is 0.599. The zero-order valence-electron chi connectivity index (χ0n) is 11.8. The molecule has 0 aromatic heterocycles. The molecule has 1 saturated carbocycles. The molecule has 2 fully saturated rings. The largest absolute Gasteiger partial charge is 0.372 e. The molecule has 100 valence electrons. The van der Waals surface area contributed by atoms with Gasteiger partial charge in [-0.05, 0) is 52.0 Å². The van der Waals surface area contributed by atoms with Gasteiger partial charge in [-0.15, -0.1) is 0 Å². The maximum absolute atomic E-state index is 6.43. The maximum Gasteiger partial charge on any atom is 0.0687 e. The van der Waals surface area contributed by atoms with Crippen molar-refractivity contribution in [3.63, 3.8) is 0 Å². The van der Waals surface area contributed by atoms with Gasteiger partial charge in [-0.2, -0.15) is 0 Å². The van der Waals surface area contributed by atoms with Crippen LogP contribution in [0.3, 0.4) is 0 Å². The molecule has 2 heteroatoms. The Balaban J connectivity index is 1.81. The van der Waals surface area contributed by atoms with Crippen molar-refractivity contribution < 1.29 is 4.74 Å². The molecule has 0 aromatic rings. The summed E-state index contributed by atoms with van der Waals surface area (Å²) < 4.78 is 6.43. The Labute approximate surface area is 107 Å². The van der Waals surface area contributed by atoms with E-state index in [1.165, 1.54) is 51.4 Å². The Hall–Kier alpha value is -0.0800. The standard InChI is InChI=1S/C15H29NO/c1-12(13(2)16-3)11-14-7-10-15(17-14)8-5-4-6-9-15/h12-14,16H,4-11H2,1-3H3. The van der Waals surface area contributed by atoms with Gasteiger partial charge in [0.2, 0.25) is 0 Å². The predicted molar refractivity (Wildman–Crippen MR) is 72.2 cm³/mol. The highest BCUT2D eigenvalue weighted by atomic mass is 16.5. The van der Waals surface area contributed by atoms with Gasteiger partial charge in [0.15, 0.2) is 0 Å². The monoisotopic (exact) mass is 239 g/mol. The number of nitrogens with one attached hydrogen (secondary N) is 1. The number of hydrogen-bond donors (Lipinski definition) is 1. The van der Waals surface area contributed by atoms with Crippen LogP contribution in [0.25, 0.3) is 0 Å². The van der Waals surface area contributed by atoms with Gasteiger partial charge < -0.3 is 10.1 Å². The van der Waals surface area contributed by atoms with Crippen molar-refractivity contribution in [1.82, 2.24) is 5.32 Å².